The van der Waals surface area contributed by atoms with Gasteiger partial charge in [0.1, 0.15) is 0 Å². The molecule has 4 heteroatoms. The van der Waals surface area contributed by atoms with E-state index < -0.39 is 0 Å². The summed E-state index contributed by atoms with van der Waals surface area (Å²) in [6.45, 7) is 17.5. The van der Waals surface area contributed by atoms with Gasteiger partial charge >= 0.3 is 233 Å². The maximum absolute atomic E-state index is 8.79. The maximum atomic E-state index is 8.79. The molecule has 0 aliphatic rings. The summed E-state index contributed by atoms with van der Waals surface area (Å²) < 4.78 is 26.3. The predicted molar refractivity (Wildman–Crippen MR) is 183 cm³/mol. The van der Waals surface area contributed by atoms with Gasteiger partial charge in [0.25, 0.3) is 0 Å². The van der Waals surface area contributed by atoms with Crippen molar-refractivity contribution in [2.75, 3.05) is 0 Å². The second kappa shape index (κ2) is 11.1. The van der Waals surface area contributed by atoms with Gasteiger partial charge in [-0.2, -0.15) is 0 Å². The van der Waals surface area contributed by atoms with Gasteiger partial charge in [-0.25, -0.2) is 0 Å². The molecule has 3 aromatic carbocycles. The Morgan fingerprint density at radius 2 is 1.47 bits per heavy atom. The quantitative estimate of drug-likeness (QED) is 0.177. The Balaban J connectivity index is 1.41. The van der Waals surface area contributed by atoms with E-state index in [0.29, 0.717) is 5.75 Å². The molecule has 3 nitrogen and oxygen atoms in total. The molecule has 0 amide bonds. The monoisotopic (exact) mass is 634 g/mol. The summed E-state index contributed by atoms with van der Waals surface area (Å²) in [5.74, 6) is 1.46. The molecule has 6 aromatic rings. The van der Waals surface area contributed by atoms with Crippen molar-refractivity contribution >= 4 is 33.8 Å². The summed E-state index contributed by atoms with van der Waals surface area (Å²) in [4.78, 5) is 9.37. The SMILES string of the molecule is [2H]c1nc(-c2cc(C)cc(Oc3cc(C)cc(-c4cc(C(C)(C)C)ccn4)c3)c2)c2[se]c3cc(CC(C)(C)C)ccc3c2c1[2H]. The molecule has 0 saturated heterocycles. The van der Waals surface area contributed by atoms with E-state index in [1.807, 2.05) is 30.5 Å². The average Bonchev–Trinajstić information content (AvgIpc) is 3.32. The Labute approximate surface area is 264 Å². The first kappa shape index (κ1) is 26.9. The van der Waals surface area contributed by atoms with Crippen LogP contribution in [-0.2, 0) is 11.8 Å². The van der Waals surface area contributed by atoms with Crippen LogP contribution in [0.4, 0.5) is 0 Å². The fourth-order valence-corrected chi connectivity index (χ4v) is 8.22. The van der Waals surface area contributed by atoms with Crippen LogP contribution in [0.25, 0.3) is 41.8 Å². The Morgan fingerprint density at radius 3 is 2.16 bits per heavy atom. The number of nitrogens with zero attached hydrogens (tertiary/aromatic N) is 2. The summed E-state index contributed by atoms with van der Waals surface area (Å²) in [5.41, 5.74) is 8.53. The van der Waals surface area contributed by atoms with Gasteiger partial charge in [-0.15, -0.1) is 0 Å². The van der Waals surface area contributed by atoms with Gasteiger partial charge in [-0.1, -0.05) is 20.8 Å². The minimum absolute atomic E-state index is 0.00320. The second-order valence-corrected chi connectivity index (χ2v) is 16.1. The van der Waals surface area contributed by atoms with Crippen LogP contribution in [0.5, 0.6) is 11.5 Å². The van der Waals surface area contributed by atoms with Crippen LogP contribution in [0, 0.1) is 19.3 Å². The zero-order valence-corrected chi connectivity index (χ0v) is 28.1. The molecule has 0 N–H and O–H groups in total. The van der Waals surface area contributed by atoms with Gasteiger partial charge in [0.15, 0.2) is 0 Å². The van der Waals surface area contributed by atoms with Crippen LogP contribution < -0.4 is 4.74 Å². The molecule has 0 fully saturated rings. The van der Waals surface area contributed by atoms with Crippen LogP contribution in [0.15, 0.2) is 85.1 Å². The van der Waals surface area contributed by atoms with Gasteiger partial charge in [0.2, 0.25) is 0 Å². The number of aryl methyl sites for hydroxylation is 2. The van der Waals surface area contributed by atoms with E-state index in [1.54, 1.807) is 0 Å². The number of hydrogen-bond donors (Lipinski definition) is 0. The van der Waals surface area contributed by atoms with Gasteiger partial charge in [0, 0.05) is 0 Å². The number of rotatable bonds is 5. The molecule has 3 heterocycles. The summed E-state index contributed by atoms with van der Waals surface area (Å²) >= 11 is -0.0187. The molecule has 0 aliphatic heterocycles. The van der Waals surface area contributed by atoms with E-state index in [1.165, 1.54) is 15.4 Å². The standard InChI is InChI=1S/C39H40N2OSe/c1-24-15-27(34-22-29(11-13-40-34)39(6,7)8)20-30(17-24)42-31-18-25(2)16-28(21-31)36-37-33(12-14-41-36)32-10-9-26(19-35(32)43-37)23-38(3,4)5/h9-22H,23H2,1-8H3/i12D,14D. The number of benzene rings is 3. The van der Waals surface area contributed by atoms with Crippen molar-refractivity contribution in [3.63, 3.8) is 0 Å². The molecule has 218 valence electrons. The first-order valence-electron chi connectivity index (χ1n) is 15.9. The van der Waals surface area contributed by atoms with Crippen molar-refractivity contribution in [2.45, 2.75) is 67.2 Å². The third-order valence-electron chi connectivity index (χ3n) is 7.59. The molecular formula is C39H40N2OSe. The van der Waals surface area contributed by atoms with E-state index in [2.05, 4.69) is 103 Å². The second-order valence-electron chi connectivity index (χ2n) is 13.9. The zero-order valence-electron chi connectivity index (χ0n) is 28.3. The molecule has 0 aliphatic carbocycles. The molecule has 43 heavy (non-hydrogen) atoms. The van der Waals surface area contributed by atoms with E-state index in [0.717, 1.165) is 60.8 Å². The normalized spacial score (nSPS) is 12.9. The van der Waals surface area contributed by atoms with Gasteiger partial charge in [-0.05, 0) is 11.5 Å². The number of pyridine rings is 2. The summed E-state index contributed by atoms with van der Waals surface area (Å²) in [5, 5.41) is 1.94. The van der Waals surface area contributed by atoms with Gasteiger partial charge in [-0.3, -0.25) is 0 Å². The van der Waals surface area contributed by atoms with Crippen molar-refractivity contribution in [3.8, 4) is 34.0 Å². The Hall–Kier alpha value is -3.72. The summed E-state index contributed by atoms with van der Waals surface area (Å²) in [7, 11) is 0. The Kier molecular flexibility index (Phi) is 6.93. The third-order valence-corrected chi connectivity index (χ3v) is 10.0. The van der Waals surface area contributed by atoms with Crippen LogP contribution in [-0.4, -0.2) is 24.5 Å². The summed E-state index contributed by atoms with van der Waals surface area (Å²) in [6, 6.07) is 23.5. The molecule has 6 rings (SSSR count). The van der Waals surface area contributed by atoms with Crippen molar-refractivity contribution in [1.29, 1.82) is 0 Å². The fourth-order valence-electron chi connectivity index (χ4n) is 5.63. The van der Waals surface area contributed by atoms with Crippen LogP contribution in [0.2, 0.25) is 0 Å². The van der Waals surface area contributed by atoms with E-state index in [4.69, 9.17) is 12.5 Å². The van der Waals surface area contributed by atoms with E-state index in [9.17, 15) is 0 Å². The zero-order chi connectivity index (χ0) is 32.3. The van der Waals surface area contributed by atoms with Crippen LogP contribution >= 0.6 is 0 Å². The van der Waals surface area contributed by atoms with Crippen molar-refractivity contribution in [1.82, 2.24) is 9.97 Å². The summed E-state index contributed by atoms with van der Waals surface area (Å²) in [6.07, 6.45) is 2.88. The average molecular weight is 634 g/mol. The molecule has 0 radical (unpaired) electrons. The molecular weight excluding hydrogens is 591 g/mol. The van der Waals surface area contributed by atoms with Gasteiger partial charge < -0.3 is 0 Å². The number of aromatic nitrogens is 2. The predicted octanol–water partition coefficient (Wildman–Crippen LogP) is 10.5. The molecule has 0 spiro atoms. The number of fused-ring (bicyclic) bond motifs is 3. The first-order chi connectivity index (χ1) is 21.1. The van der Waals surface area contributed by atoms with Crippen LogP contribution in [0.1, 0.15) is 66.5 Å². The molecule has 0 bridgehead atoms. The van der Waals surface area contributed by atoms with Crippen LogP contribution in [0.3, 0.4) is 0 Å². The van der Waals surface area contributed by atoms with E-state index >= 15 is 0 Å². The topological polar surface area (TPSA) is 35.0 Å². The molecule has 3 aromatic heterocycles. The molecule has 0 unspecified atom stereocenters. The Bertz CT molecular complexity index is 2080. The number of hydrogen-bond acceptors (Lipinski definition) is 3. The Morgan fingerprint density at radius 1 is 0.767 bits per heavy atom. The fraction of sp³-hybridized carbons (Fsp3) is 0.282. The van der Waals surface area contributed by atoms with Crippen molar-refractivity contribution < 1.29 is 7.48 Å². The van der Waals surface area contributed by atoms with Crippen molar-refractivity contribution in [2.24, 2.45) is 5.41 Å². The van der Waals surface area contributed by atoms with Gasteiger partial charge in [0.05, 0.1) is 0 Å². The van der Waals surface area contributed by atoms with Crippen molar-refractivity contribution in [3.05, 3.63) is 107 Å². The first-order valence-corrected chi connectivity index (χ1v) is 16.6. The molecule has 0 atom stereocenters. The van der Waals surface area contributed by atoms with E-state index in [-0.39, 0.29) is 37.5 Å². The number of ether oxygens (including phenoxy) is 1. The molecule has 0 saturated carbocycles. The third kappa shape index (κ3) is 6.47. The minimum atomic E-state index is -0.0187.